The van der Waals surface area contributed by atoms with E-state index in [0.29, 0.717) is 5.75 Å². The van der Waals surface area contributed by atoms with Crippen LogP contribution in [0.15, 0.2) is 24.3 Å². The summed E-state index contributed by atoms with van der Waals surface area (Å²) in [5, 5.41) is 8.52. The van der Waals surface area contributed by atoms with Crippen LogP contribution in [-0.2, 0) is 4.79 Å². The molecule has 1 aromatic rings. The Morgan fingerprint density at radius 1 is 1.50 bits per heavy atom. The summed E-state index contributed by atoms with van der Waals surface area (Å²) in [6.07, 6.45) is -0.279. The van der Waals surface area contributed by atoms with Crippen LogP contribution in [0.5, 0.6) is 5.75 Å². The molecule has 1 aromatic carbocycles. The average Bonchev–Trinajstić information content (AvgIpc) is 2.07. The molecule has 3 nitrogen and oxygen atoms in total. The fourth-order valence-electron chi connectivity index (χ4n) is 1.03. The van der Waals surface area contributed by atoms with Gasteiger partial charge in [0, 0.05) is 3.57 Å². The third-order valence-corrected chi connectivity index (χ3v) is 2.33. The molecule has 0 saturated heterocycles. The number of aliphatic carboxylic acids is 1. The fourth-order valence-corrected chi connectivity index (χ4v) is 1.39. The molecule has 0 aliphatic carbocycles. The minimum Gasteiger partial charge on any atom is -0.490 e. The first-order valence-electron chi connectivity index (χ1n) is 4.22. The van der Waals surface area contributed by atoms with Gasteiger partial charge in [-0.05, 0) is 53.8 Å². The average molecular weight is 306 g/mol. The Labute approximate surface area is 96.2 Å². The van der Waals surface area contributed by atoms with Gasteiger partial charge in [-0.3, -0.25) is 4.79 Å². The highest BCUT2D eigenvalue weighted by Crippen LogP contribution is 2.15. The van der Waals surface area contributed by atoms with Crippen LogP contribution in [0.1, 0.15) is 13.3 Å². The molecule has 0 aliphatic heterocycles. The summed E-state index contributed by atoms with van der Waals surface area (Å²) < 4.78 is 6.52. The molecular formula is C10H11IO3. The van der Waals surface area contributed by atoms with Gasteiger partial charge in [0.05, 0.1) is 6.42 Å². The first-order valence-corrected chi connectivity index (χ1v) is 5.30. The molecule has 76 valence electrons. The van der Waals surface area contributed by atoms with Crippen LogP contribution in [0.2, 0.25) is 0 Å². The molecular weight excluding hydrogens is 295 g/mol. The van der Waals surface area contributed by atoms with Gasteiger partial charge in [-0.25, -0.2) is 0 Å². The van der Waals surface area contributed by atoms with Gasteiger partial charge < -0.3 is 9.84 Å². The van der Waals surface area contributed by atoms with E-state index in [1.807, 2.05) is 24.3 Å². The number of rotatable bonds is 4. The Hall–Kier alpha value is -0.780. The third-order valence-electron chi connectivity index (χ3n) is 1.61. The highest BCUT2D eigenvalue weighted by atomic mass is 127. The summed E-state index contributed by atoms with van der Waals surface area (Å²) in [5.41, 5.74) is 0. The van der Waals surface area contributed by atoms with Crippen molar-refractivity contribution in [3.8, 4) is 5.75 Å². The summed E-state index contributed by atoms with van der Waals surface area (Å²) in [6.45, 7) is 1.74. The number of halogens is 1. The molecule has 0 heterocycles. The summed E-state index contributed by atoms with van der Waals surface area (Å²) in [4.78, 5) is 10.4. The number of carboxylic acid groups (broad SMARTS) is 1. The van der Waals surface area contributed by atoms with Crippen molar-refractivity contribution in [1.29, 1.82) is 0 Å². The largest absolute Gasteiger partial charge is 0.490 e. The van der Waals surface area contributed by atoms with E-state index >= 15 is 0 Å². The van der Waals surface area contributed by atoms with E-state index in [0.717, 1.165) is 3.57 Å². The molecule has 0 amide bonds. The zero-order valence-electron chi connectivity index (χ0n) is 7.74. The van der Waals surface area contributed by atoms with Crippen LogP contribution in [0, 0.1) is 3.57 Å². The molecule has 0 fully saturated rings. The minimum atomic E-state index is -0.844. The molecule has 0 saturated carbocycles. The van der Waals surface area contributed by atoms with Gasteiger partial charge in [0.25, 0.3) is 0 Å². The number of carbonyl (C=O) groups is 1. The van der Waals surface area contributed by atoms with Gasteiger partial charge in [0.1, 0.15) is 11.9 Å². The summed E-state index contributed by atoms with van der Waals surface area (Å²) in [7, 11) is 0. The standard InChI is InChI=1S/C10H11IO3/c1-7(6-10(12)13)14-9-4-2-8(11)3-5-9/h2-5,7H,6H2,1H3,(H,12,13)/t7-/m0/s1. The fraction of sp³-hybridized carbons (Fsp3) is 0.300. The van der Waals surface area contributed by atoms with Crippen molar-refractivity contribution in [3.63, 3.8) is 0 Å². The van der Waals surface area contributed by atoms with E-state index < -0.39 is 5.97 Å². The second kappa shape index (κ2) is 5.19. The van der Waals surface area contributed by atoms with E-state index in [1.165, 1.54) is 0 Å². The maximum absolute atomic E-state index is 10.4. The maximum atomic E-state index is 10.4. The normalized spacial score (nSPS) is 12.1. The summed E-state index contributed by atoms with van der Waals surface area (Å²) in [6, 6.07) is 7.51. The lowest BCUT2D eigenvalue weighted by atomic mass is 10.3. The maximum Gasteiger partial charge on any atom is 0.307 e. The van der Waals surface area contributed by atoms with E-state index in [1.54, 1.807) is 6.92 Å². The first kappa shape index (κ1) is 11.3. The van der Waals surface area contributed by atoms with Crippen molar-refractivity contribution in [1.82, 2.24) is 0 Å². The van der Waals surface area contributed by atoms with Crippen molar-refractivity contribution in [2.75, 3.05) is 0 Å². The van der Waals surface area contributed by atoms with Gasteiger partial charge in [0.15, 0.2) is 0 Å². The SMILES string of the molecule is C[C@@H](CC(=O)O)Oc1ccc(I)cc1. The van der Waals surface area contributed by atoms with Crippen molar-refractivity contribution in [2.45, 2.75) is 19.4 Å². The predicted octanol–water partition coefficient (Wildman–Crippen LogP) is 2.53. The number of carboxylic acids is 1. The number of ether oxygens (including phenoxy) is 1. The van der Waals surface area contributed by atoms with Crippen LogP contribution in [0.3, 0.4) is 0 Å². The second-order valence-electron chi connectivity index (χ2n) is 2.98. The molecule has 0 spiro atoms. The molecule has 4 heteroatoms. The monoisotopic (exact) mass is 306 g/mol. The van der Waals surface area contributed by atoms with Crippen LogP contribution in [-0.4, -0.2) is 17.2 Å². The molecule has 0 bridgehead atoms. The van der Waals surface area contributed by atoms with Gasteiger partial charge in [-0.2, -0.15) is 0 Å². The van der Waals surface area contributed by atoms with E-state index in [-0.39, 0.29) is 12.5 Å². The number of benzene rings is 1. The molecule has 0 aromatic heterocycles. The zero-order valence-corrected chi connectivity index (χ0v) is 9.89. The lowest BCUT2D eigenvalue weighted by Crippen LogP contribution is -2.16. The van der Waals surface area contributed by atoms with Gasteiger partial charge in [-0.1, -0.05) is 0 Å². The third kappa shape index (κ3) is 3.95. The van der Waals surface area contributed by atoms with Gasteiger partial charge >= 0.3 is 5.97 Å². The molecule has 1 rings (SSSR count). The van der Waals surface area contributed by atoms with E-state index in [9.17, 15) is 4.79 Å². The smallest absolute Gasteiger partial charge is 0.307 e. The minimum absolute atomic E-state index is 0.0198. The van der Waals surface area contributed by atoms with E-state index in [2.05, 4.69) is 22.6 Å². The topological polar surface area (TPSA) is 46.5 Å². The van der Waals surface area contributed by atoms with Crippen molar-refractivity contribution in [2.24, 2.45) is 0 Å². The highest BCUT2D eigenvalue weighted by Gasteiger charge is 2.08. The Balaban J connectivity index is 2.51. The number of hydrogen-bond acceptors (Lipinski definition) is 2. The van der Waals surface area contributed by atoms with Crippen LogP contribution in [0.4, 0.5) is 0 Å². The Morgan fingerprint density at radius 3 is 2.57 bits per heavy atom. The Bertz CT molecular complexity index is 308. The van der Waals surface area contributed by atoms with Crippen molar-refractivity contribution >= 4 is 28.6 Å². The lowest BCUT2D eigenvalue weighted by Gasteiger charge is -2.12. The quantitative estimate of drug-likeness (QED) is 0.870. The molecule has 0 aliphatic rings. The second-order valence-corrected chi connectivity index (χ2v) is 4.23. The number of hydrogen-bond donors (Lipinski definition) is 1. The Morgan fingerprint density at radius 2 is 2.07 bits per heavy atom. The molecule has 1 atom stereocenters. The highest BCUT2D eigenvalue weighted by molar-refractivity contribution is 14.1. The summed E-state index contributed by atoms with van der Waals surface area (Å²) in [5.74, 6) is -0.137. The zero-order chi connectivity index (χ0) is 10.6. The molecule has 14 heavy (non-hydrogen) atoms. The van der Waals surface area contributed by atoms with Gasteiger partial charge in [0.2, 0.25) is 0 Å². The molecule has 0 unspecified atom stereocenters. The van der Waals surface area contributed by atoms with Crippen LogP contribution >= 0.6 is 22.6 Å². The lowest BCUT2D eigenvalue weighted by molar-refractivity contribution is -0.138. The van der Waals surface area contributed by atoms with Crippen LogP contribution < -0.4 is 4.74 Å². The van der Waals surface area contributed by atoms with Crippen LogP contribution in [0.25, 0.3) is 0 Å². The molecule has 1 N–H and O–H groups in total. The first-order chi connectivity index (χ1) is 6.58. The predicted molar refractivity (Wildman–Crippen MR) is 61.5 cm³/mol. The van der Waals surface area contributed by atoms with Gasteiger partial charge in [-0.15, -0.1) is 0 Å². The summed E-state index contributed by atoms with van der Waals surface area (Å²) >= 11 is 2.20. The van der Waals surface area contributed by atoms with E-state index in [4.69, 9.17) is 9.84 Å². The van der Waals surface area contributed by atoms with Crippen molar-refractivity contribution in [3.05, 3.63) is 27.8 Å². The molecule has 0 radical (unpaired) electrons. The van der Waals surface area contributed by atoms with Crippen molar-refractivity contribution < 1.29 is 14.6 Å². The Kier molecular flexibility index (Phi) is 4.19.